The molecule has 0 fully saturated rings. The average Bonchev–Trinajstić information content (AvgIpc) is 2.46. The minimum atomic E-state index is -3.14. The number of aryl methyl sites for hydroxylation is 1. The minimum absolute atomic E-state index is 0.154. The molecule has 0 aromatic heterocycles. The smallest absolute Gasteiger partial charge is 0.211 e. The molecule has 0 bridgehead atoms. The van der Waals surface area contributed by atoms with E-state index in [2.05, 4.69) is 34.7 Å². The number of nitrogens with one attached hydrogen (secondary N) is 1. The highest BCUT2D eigenvalue weighted by Crippen LogP contribution is 2.28. The molecule has 1 aliphatic heterocycles. The van der Waals surface area contributed by atoms with Gasteiger partial charge in [0.05, 0.1) is 5.75 Å². The van der Waals surface area contributed by atoms with Crippen molar-refractivity contribution in [2.24, 2.45) is 5.92 Å². The Balaban J connectivity index is 1.95. The van der Waals surface area contributed by atoms with Crippen molar-refractivity contribution in [3.05, 3.63) is 29.3 Å². The molecule has 1 aromatic carbocycles. The summed E-state index contributed by atoms with van der Waals surface area (Å²) in [6, 6.07) is 6.61. The number of sulfonamides is 1. The monoisotopic (exact) mass is 338 g/mol. The average molecular weight is 339 g/mol. The molecule has 2 rings (SSSR count). The second-order valence-electron chi connectivity index (χ2n) is 6.87. The van der Waals surface area contributed by atoms with Crippen LogP contribution in [0, 0.1) is 5.92 Å². The van der Waals surface area contributed by atoms with E-state index in [4.69, 9.17) is 0 Å². The van der Waals surface area contributed by atoms with Gasteiger partial charge >= 0.3 is 0 Å². The third-order valence-corrected chi connectivity index (χ3v) is 5.89. The Morgan fingerprint density at radius 2 is 2.09 bits per heavy atom. The molecule has 1 heterocycles. The molecule has 23 heavy (non-hydrogen) atoms. The highest BCUT2D eigenvalue weighted by atomic mass is 32.2. The van der Waals surface area contributed by atoms with Crippen LogP contribution in [0.3, 0.4) is 0 Å². The summed E-state index contributed by atoms with van der Waals surface area (Å²) in [5.41, 5.74) is 3.99. The number of anilines is 1. The van der Waals surface area contributed by atoms with E-state index in [1.807, 2.05) is 13.8 Å². The summed E-state index contributed by atoms with van der Waals surface area (Å²) < 4.78 is 26.4. The predicted molar refractivity (Wildman–Crippen MR) is 97.6 cm³/mol. The predicted octanol–water partition coefficient (Wildman–Crippen LogP) is 2.97. The van der Waals surface area contributed by atoms with Gasteiger partial charge in [0, 0.05) is 25.3 Å². The summed E-state index contributed by atoms with van der Waals surface area (Å²) in [6.45, 7) is 8.80. The van der Waals surface area contributed by atoms with Crippen LogP contribution in [0.1, 0.15) is 44.7 Å². The van der Waals surface area contributed by atoms with Gasteiger partial charge in [0.25, 0.3) is 0 Å². The zero-order chi connectivity index (χ0) is 16.9. The van der Waals surface area contributed by atoms with E-state index < -0.39 is 10.0 Å². The van der Waals surface area contributed by atoms with Crippen LogP contribution in [0.2, 0.25) is 0 Å². The first-order valence-corrected chi connectivity index (χ1v) is 10.4. The van der Waals surface area contributed by atoms with E-state index in [1.165, 1.54) is 29.7 Å². The van der Waals surface area contributed by atoms with Crippen molar-refractivity contribution < 1.29 is 8.42 Å². The highest BCUT2D eigenvalue weighted by molar-refractivity contribution is 7.89. The zero-order valence-electron chi connectivity index (χ0n) is 14.6. The fourth-order valence-corrected chi connectivity index (χ4v) is 4.64. The fraction of sp³-hybridized carbons (Fsp3) is 0.667. The normalized spacial score (nSPS) is 15.0. The van der Waals surface area contributed by atoms with E-state index in [-0.39, 0.29) is 11.7 Å². The first-order valence-electron chi connectivity index (χ1n) is 8.75. The molecule has 0 atom stereocenters. The number of fused-ring (bicyclic) bond motifs is 1. The van der Waals surface area contributed by atoms with E-state index in [1.54, 1.807) is 0 Å². The Labute approximate surface area is 141 Å². The van der Waals surface area contributed by atoms with Gasteiger partial charge in [0.1, 0.15) is 0 Å². The molecule has 1 aliphatic rings. The molecule has 0 amide bonds. The lowest BCUT2D eigenvalue weighted by molar-refractivity contribution is 0.568. The molecule has 0 saturated carbocycles. The van der Waals surface area contributed by atoms with Crippen molar-refractivity contribution in [3.63, 3.8) is 0 Å². The summed E-state index contributed by atoms with van der Waals surface area (Å²) in [6.07, 6.45) is 4.25. The van der Waals surface area contributed by atoms with Gasteiger partial charge in [-0.15, -0.1) is 0 Å². The van der Waals surface area contributed by atoms with Crippen LogP contribution < -0.4 is 9.62 Å². The van der Waals surface area contributed by atoms with Crippen LogP contribution in [0.5, 0.6) is 0 Å². The van der Waals surface area contributed by atoms with Gasteiger partial charge in [0.2, 0.25) is 10.0 Å². The van der Waals surface area contributed by atoms with Gasteiger partial charge in [0.15, 0.2) is 0 Å². The van der Waals surface area contributed by atoms with Crippen molar-refractivity contribution in [1.82, 2.24) is 4.72 Å². The number of hydrogen-bond donors (Lipinski definition) is 1. The van der Waals surface area contributed by atoms with Crippen LogP contribution in [-0.4, -0.2) is 33.8 Å². The van der Waals surface area contributed by atoms with E-state index in [0.717, 1.165) is 25.9 Å². The zero-order valence-corrected chi connectivity index (χ0v) is 15.5. The molecule has 1 aromatic rings. The fourth-order valence-electron chi connectivity index (χ4n) is 3.23. The Hall–Kier alpha value is -1.07. The third-order valence-electron chi connectivity index (χ3n) is 4.14. The quantitative estimate of drug-likeness (QED) is 0.793. The first kappa shape index (κ1) is 18.3. The van der Waals surface area contributed by atoms with Crippen molar-refractivity contribution >= 4 is 15.7 Å². The van der Waals surface area contributed by atoms with Gasteiger partial charge in [-0.3, -0.25) is 0 Å². The van der Waals surface area contributed by atoms with E-state index >= 15 is 0 Å². The maximum Gasteiger partial charge on any atom is 0.211 e. The van der Waals surface area contributed by atoms with Crippen LogP contribution in [0.4, 0.5) is 5.69 Å². The molecular formula is C18H30N2O2S. The third kappa shape index (κ3) is 5.50. The lowest BCUT2D eigenvalue weighted by Crippen LogP contribution is -2.31. The Kier molecular flexibility index (Phi) is 6.48. The standard InChI is InChI=1S/C18H30N2O2S/c1-4-11-20-12-5-6-17-13-16(7-8-18(17)20)9-10-19-23(21,22)14-15(2)3/h7-8,13,15,19H,4-6,9-12,14H2,1-3H3. The Morgan fingerprint density at radius 1 is 1.30 bits per heavy atom. The first-order chi connectivity index (χ1) is 10.9. The van der Waals surface area contributed by atoms with Crippen LogP contribution in [-0.2, 0) is 22.9 Å². The van der Waals surface area contributed by atoms with Gasteiger partial charge in [-0.2, -0.15) is 0 Å². The number of benzene rings is 1. The van der Waals surface area contributed by atoms with E-state index in [0.29, 0.717) is 6.54 Å². The van der Waals surface area contributed by atoms with Crippen LogP contribution in [0.25, 0.3) is 0 Å². The molecule has 130 valence electrons. The lowest BCUT2D eigenvalue weighted by atomic mass is 9.98. The van der Waals surface area contributed by atoms with Crippen molar-refractivity contribution in [3.8, 4) is 0 Å². The summed E-state index contributed by atoms with van der Waals surface area (Å²) in [5, 5.41) is 0. The van der Waals surface area contributed by atoms with Crippen LogP contribution >= 0.6 is 0 Å². The van der Waals surface area contributed by atoms with Gasteiger partial charge < -0.3 is 4.90 Å². The lowest BCUT2D eigenvalue weighted by Gasteiger charge is -2.31. The molecule has 5 heteroatoms. The van der Waals surface area contributed by atoms with Crippen molar-refractivity contribution in [2.75, 3.05) is 30.3 Å². The number of hydrogen-bond acceptors (Lipinski definition) is 3. The van der Waals surface area contributed by atoms with Crippen molar-refractivity contribution in [1.29, 1.82) is 0 Å². The second-order valence-corrected chi connectivity index (χ2v) is 8.72. The molecular weight excluding hydrogens is 308 g/mol. The summed E-state index contributed by atoms with van der Waals surface area (Å²) >= 11 is 0. The number of rotatable bonds is 8. The number of nitrogens with zero attached hydrogens (tertiary/aromatic N) is 1. The molecule has 0 spiro atoms. The molecule has 1 N–H and O–H groups in total. The Morgan fingerprint density at radius 3 is 2.78 bits per heavy atom. The summed E-state index contributed by atoms with van der Waals surface area (Å²) in [7, 11) is -3.14. The Bertz CT molecular complexity index is 611. The van der Waals surface area contributed by atoms with Gasteiger partial charge in [-0.1, -0.05) is 32.9 Å². The minimum Gasteiger partial charge on any atom is -0.371 e. The molecule has 4 nitrogen and oxygen atoms in total. The van der Waals surface area contributed by atoms with E-state index in [9.17, 15) is 8.42 Å². The molecule has 0 saturated heterocycles. The van der Waals surface area contributed by atoms with Gasteiger partial charge in [-0.25, -0.2) is 13.1 Å². The van der Waals surface area contributed by atoms with Gasteiger partial charge in [-0.05, 0) is 48.8 Å². The second kappa shape index (κ2) is 8.15. The summed E-state index contributed by atoms with van der Waals surface area (Å²) in [4.78, 5) is 2.47. The molecule has 0 unspecified atom stereocenters. The van der Waals surface area contributed by atoms with Crippen LogP contribution in [0.15, 0.2) is 18.2 Å². The molecule has 0 radical (unpaired) electrons. The highest BCUT2D eigenvalue weighted by Gasteiger charge is 2.16. The molecule has 0 aliphatic carbocycles. The topological polar surface area (TPSA) is 49.4 Å². The van der Waals surface area contributed by atoms with Crippen molar-refractivity contribution in [2.45, 2.75) is 46.5 Å². The SMILES string of the molecule is CCCN1CCCc2cc(CCNS(=O)(=O)CC(C)C)ccc21. The largest absolute Gasteiger partial charge is 0.371 e. The summed E-state index contributed by atoms with van der Waals surface area (Å²) in [5.74, 6) is 0.351. The maximum absolute atomic E-state index is 11.9. The maximum atomic E-state index is 11.9.